The van der Waals surface area contributed by atoms with Crippen LogP contribution >= 0.6 is 0 Å². The Bertz CT molecular complexity index is 925. The Balaban J connectivity index is 1.49. The third-order valence-corrected chi connectivity index (χ3v) is 6.99. The van der Waals surface area contributed by atoms with Crippen molar-refractivity contribution in [3.63, 3.8) is 0 Å². The monoisotopic (exact) mass is 481 g/mol. The molecule has 0 bridgehead atoms. The molecule has 0 aliphatic heterocycles. The minimum absolute atomic E-state index is 0.0304. The quantitative estimate of drug-likeness (QED) is 0.483. The summed E-state index contributed by atoms with van der Waals surface area (Å²) in [7, 11) is 3.33. The first kappa shape index (κ1) is 26.5. The van der Waals surface area contributed by atoms with E-state index < -0.39 is 12.0 Å². The van der Waals surface area contributed by atoms with Crippen molar-refractivity contribution in [1.29, 1.82) is 0 Å². The zero-order valence-corrected chi connectivity index (χ0v) is 21.4. The molecule has 190 valence electrons. The molecule has 1 amide bonds. The van der Waals surface area contributed by atoms with E-state index in [0.29, 0.717) is 31.4 Å². The van der Waals surface area contributed by atoms with Gasteiger partial charge in [-0.25, -0.2) is 9.78 Å². The first-order valence-electron chi connectivity index (χ1n) is 12.6. The van der Waals surface area contributed by atoms with E-state index in [9.17, 15) is 9.59 Å². The second-order valence-electron chi connectivity index (χ2n) is 9.75. The van der Waals surface area contributed by atoms with E-state index in [4.69, 9.17) is 9.47 Å². The van der Waals surface area contributed by atoms with Crippen LogP contribution in [0.2, 0.25) is 0 Å². The molecule has 0 saturated heterocycles. The average Bonchev–Trinajstić information content (AvgIpc) is 2.89. The maximum absolute atomic E-state index is 12.9. The van der Waals surface area contributed by atoms with Gasteiger partial charge in [-0.15, -0.1) is 0 Å². The Morgan fingerprint density at radius 2 is 1.80 bits per heavy atom. The largest absolute Gasteiger partial charge is 0.492 e. The van der Waals surface area contributed by atoms with Gasteiger partial charge in [0.15, 0.2) is 0 Å². The fraction of sp³-hybridized carbons (Fsp3) is 0.536. The zero-order chi connectivity index (χ0) is 25.2. The summed E-state index contributed by atoms with van der Waals surface area (Å²) >= 11 is 0. The van der Waals surface area contributed by atoms with Crippen molar-refractivity contribution in [1.82, 2.24) is 10.3 Å². The second-order valence-corrected chi connectivity index (χ2v) is 9.75. The number of aromatic nitrogens is 1. The number of carbonyl (C=O) groups is 2. The number of likely N-dealkylation sites (N-methyl/N-ethyl adjacent to an activating group) is 1. The fourth-order valence-electron chi connectivity index (χ4n) is 4.63. The molecule has 0 radical (unpaired) electrons. The maximum atomic E-state index is 12.9. The van der Waals surface area contributed by atoms with Crippen molar-refractivity contribution >= 4 is 17.7 Å². The van der Waals surface area contributed by atoms with Crippen LogP contribution in [0, 0.1) is 17.8 Å². The van der Waals surface area contributed by atoms with Gasteiger partial charge in [0, 0.05) is 25.6 Å². The van der Waals surface area contributed by atoms with Crippen LogP contribution in [-0.4, -0.2) is 50.2 Å². The molecule has 1 aromatic heterocycles. The lowest BCUT2D eigenvalue weighted by atomic mass is 9.76. The van der Waals surface area contributed by atoms with Gasteiger partial charge < -0.3 is 19.7 Å². The van der Waals surface area contributed by atoms with Gasteiger partial charge in [-0.1, -0.05) is 32.0 Å². The predicted octanol–water partition coefficient (Wildman–Crippen LogP) is 4.26. The summed E-state index contributed by atoms with van der Waals surface area (Å²) in [5.41, 5.74) is 0.933. The molecular formula is C28H39N3O4. The summed E-state index contributed by atoms with van der Waals surface area (Å²) in [6, 6.07) is 12.7. The summed E-state index contributed by atoms with van der Waals surface area (Å²) in [5, 5.41) is 2.95. The summed E-state index contributed by atoms with van der Waals surface area (Å²) < 4.78 is 10.8. The van der Waals surface area contributed by atoms with E-state index in [1.807, 2.05) is 54.4 Å². The van der Waals surface area contributed by atoms with E-state index >= 15 is 0 Å². The maximum Gasteiger partial charge on any atom is 0.328 e. The molecule has 1 saturated carbocycles. The molecule has 1 aliphatic carbocycles. The fourth-order valence-corrected chi connectivity index (χ4v) is 4.63. The Labute approximate surface area is 209 Å². The Kier molecular flexibility index (Phi) is 9.94. The first-order chi connectivity index (χ1) is 16.9. The summed E-state index contributed by atoms with van der Waals surface area (Å²) in [5.74, 6) is 2.49. The molecule has 0 spiro atoms. The predicted molar refractivity (Wildman–Crippen MR) is 137 cm³/mol. The summed E-state index contributed by atoms with van der Waals surface area (Å²) in [6.07, 6.45) is 6.04. The molecule has 7 nitrogen and oxygen atoms in total. The van der Waals surface area contributed by atoms with Crippen molar-refractivity contribution in [2.45, 2.75) is 52.0 Å². The standard InChI is InChI=1S/C28H39N3O4/c1-20(2)22-10-12-23(13-11-22)27(32)30-25(28(33)34-4)19-21-8-14-24(15-9-21)35-18-17-31(3)26-7-5-6-16-29-26/h5-9,14-16,20,22-23,25H,10-13,17-19H2,1-4H3,(H,30,32). The number of nitrogens with one attached hydrogen (secondary N) is 1. The highest BCUT2D eigenvalue weighted by molar-refractivity contribution is 5.86. The van der Waals surface area contributed by atoms with E-state index in [2.05, 4.69) is 24.1 Å². The van der Waals surface area contributed by atoms with Gasteiger partial charge in [-0.3, -0.25) is 4.79 Å². The van der Waals surface area contributed by atoms with Crippen LogP contribution in [0.25, 0.3) is 0 Å². The molecule has 1 fully saturated rings. The highest BCUT2D eigenvalue weighted by atomic mass is 16.5. The molecule has 2 aromatic rings. The van der Waals surface area contributed by atoms with E-state index in [1.54, 1.807) is 6.20 Å². The van der Waals surface area contributed by atoms with Crippen LogP contribution < -0.4 is 15.0 Å². The minimum Gasteiger partial charge on any atom is -0.492 e. The number of rotatable bonds is 11. The van der Waals surface area contributed by atoms with Crippen LogP contribution in [0.15, 0.2) is 48.7 Å². The number of amides is 1. The highest BCUT2D eigenvalue weighted by Gasteiger charge is 2.30. The summed E-state index contributed by atoms with van der Waals surface area (Å²) in [4.78, 5) is 31.6. The van der Waals surface area contributed by atoms with Crippen molar-refractivity contribution in [3.8, 4) is 5.75 Å². The number of methoxy groups -OCH3 is 1. The van der Waals surface area contributed by atoms with Gasteiger partial charge in [0.25, 0.3) is 0 Å². The van der Waals surface area contributed by atoms with Gasteiger partial charge >= 0.3 is 5.97 Å². The van der Waals surface area contributed by atoms with Crippen LogP contribution in [0.3, 0.4) is 0 Å². The third kappa shape index (κ3) is 7.98. The van der Waals surface area contributed by atoms with Crippen molar-refractivity contribution in [2.75, 3.05) is 32.2 Å². The second kappa shape index (κ2) is 13.1. The van der Waals surface area contributed by atoms with Gasteiger partial charge in [-0.2, -0.15) is 0 Å². The molecular weight excluding hydrogens is 442 g/mol. The summed E-state index contributed by atoms with van der Waals surface area (Å²) in [6.45, 7) is 5.71. The molecule has 1 aromatic carbocycles. The lowest BCUT2D eigenvalue weighted by Gasteiger charge is -2.31. The number of nitrogens with zero attached hydrogens (tertiary/aromatic N) is 2. The zero-order valence-electron chi connectivity index (χ0n) is 21.4. The van der Waals surface area contributed by atoms with Gasteiger partial charge in [0.1, 0.15) is 24.2 Å². The van der Waals surface area contributed by atoms with Crippen LogP contribution in [0.5, 0.6) is 5.75 Å². The van der Waals surface area contributed by atoms with Gasteiger partial charge in [0.2, 0.25) is 5.91 Å². The van der Waals surface area contributed by atoms with Crippen molar-refractivity contribution in [3.05, 3.63) is 54.2 Å². The molecule has 1 N–H and O–H groups in total. The molecule has 1 aliphatic rings. The van der Waals surface area contributed by atoms with Crippen molar-refractivity contribution < 1.29 is 19.1 Å². The smallest absolute Gasteiger partial charge is 0.328 e. The number of pyridine rings is 1. The first-order valence-corrected chi connectivity index (χ1v) is 12.6. The van der Waals surface area contributed by atoms with E-state index in [1.165, 1.54) is 7.11 Å². The molecule has 1 atom stereocenters. The molecule has 1 unspecified atom stereocenters. The topological polar surface area (TPSA) is 80.8 Å². The average molecular weight is 482 g/mol. The van der Waals surface area contributed by atoms with Crippen LogP contribution in [0.4, 0.5) is 5.82 Å². The Morgan fingerprint density at radius 1 is 1.09 bits per heavy atom. The normalized spacial score (nSPS) is 18.5. The van der Waals surface area contributed by atoms with Gasteiger partial charge in [-0.05, 0) is 67.3 Å². The number of hydrogen-bond acceptors (Lipinski definition) is 6. The molecule has 3 rings (SSSR count). The number of carbonyl (C=O) groups excluding carboxylic acids is 2. The van der Waals surface area contributed by atoms with Gasteiger partial charge in [0.05, 0.1) is 13.7 Å². The molecule has 35 heavy (non-hydrogen) atoms. The van der Waals surface area contributed by atoms with Crippen LogP contribution in [0.1, 0.15) is 45.1 Å². The van der Waals surface area contributed by atoms with E-state index in [-0.39, 0.29) is 11.8 Å². The minimum atomic E-state index is -0.700. The van der Waals surface area contributed by atoms with Crippen LogP contribution in [-0.2, 0) is 20.7 Å². The lowest BCUT2D eigenvalue weighted by molar-refractivity contribution is -0.145. The number of anilines is 1. The van der Waals surface area contributed by atoms with E-state index in [0.717, 1.165) is 42.8 Å². The molecule has 1 heterocycles. The Morgan fingerprint density at radius 3 is 2.40 bits per heavy atom. The SMILES string of the molecule is COC(=O)C(Cc1ccc(OCCN(C)c2ccccn2)cc1)NC(=O)C1CCC(C(C)C)CC1. The van der Waals surface area contributed by atoms with Crippen molar-refractivity contribution in [2.24, 2.45) is 17.8 Å². The highest BCUT2D eigenvalue weighted by Crippen LogP contribution is 2.33. The molecule has 7 heteroatoms. The number of esters is 1. The third-order valence-electron chi connectivity index (χ3n) is 6.99. The number of hydrogen-bond donors (Lipinski definition) is 1. The number of benzene rings is 1. The Hall–Kier alpha value is -3.09. The lowest BCUT2D eigenvalue weighted by Crippen LogP contribution is -2.46. The number of ether oxygens (including phenoxy) is 2.